The lowest BCUT2D eigenvalue weighted by Crippen LogP contribution is -2.58. The number of hydrogen-bond acceptors (Lipinski definition) is 8. The Kier molecular flexibility index (Phi) is 10.3. The predicted molar refractivity (Wildman–Crippen MR) is 123 cm³/mol. The van der Waals surface area contributed by atoms with Gasteiger partial charge in [-0.2, -0.15) is 11.8 Å². The van der Waals surface area contributed by atoms with Crippen LogP contribution in [0.4, 0.5) is 0 Å². The summed E-state index contributed by atoms with van der Waals surface area (Å²) in [5.74, 6) is -3.36. The number of carboxylic acid groups (broad SMARTS) is 1. The molecule has 4 unspecified atom stereocenters. The van der Waals surface area contributed by atoms with E-state index in [-0.39, 0.29) is 13.0 Å². The van der Waals surface area contributed by atoms with Crippen molar-refractivity contribution in [2.24, 2.45) is 11.5 Å². The van der Waals surface area contributed by atoms with Crippen molar-refractivity contribution in [3.05, 3.63) is 18.2 Å². The van der Waals surface area contributed by atoms with Gasteiger partial charge in [-0.15, -0.1) is 0 Å². The number of nitrogens with two attached hydrogens (primary N) is 2. The standard InChI is InChI=1S/C20H31N7O6S/c1-34-6-4-12(21)17(29)25-13(8-16(22)28)18(30)26-14(7-11-9-23-10-24-11)19(31)27-5-2-3-15(27)20(32)33/h9-10,12-15H,2-8,21H2,1H3,(H2,22,28)(H,23,24)(H,25,29)(H,26,30)(H,32,33). The molecule has 0 aliphatic carbocycles. The fourth-order valence-corrected chi connectivity index (χ4v) is 4.13. The Morgan fingerprint density at radius 3 is 2.56 bits per heavy atom. The SMILES string of the molecule is CSCCC(N)C(=O)NC(CC(N)=O)C(=O)NC(Cc1cnc[nH]1)C(=O)N1CCCC1C(=O)O. The Hall–Kier alpha value is -3.13. The number of hydrogen-bond donors (Lipinski definition) is 6. The van der Waals surface area contributed by atoms with Gasteiger partial charge in [0.2, 0.25) is 23.6 Å². The third-order valence-corrected chi connectivity index (χ3v) is 6.07. The monoisotopic (exact) mass is 497 g/mol. The van der Waals surface area contributed by atoms with Crippen molar-refractivity contribution in [1.29, 1.82) is 0 Å². The summed E-state index contributed by atoms with van der Waals surface area (Å²) >= 11 is 1.51. The zero-order valence-electron chi connectivity index (χ0n) is 18.9. The maximum atomic E-state index is 13.2. The Balaban J connectivity index is 2.19. The highest BCUT2D eigenvalue weighted by atomic mass is 32.2. The van der Waals surface area contributed by atoms with Crippen molar-refractivity contribution in [1.82, 2.24) is 25.5 Å². The zero-order chi connectivity index (χ0) is 25.3. The number of nitrogens with one attached hydrogen (secondary N) is 3. The lowest BCUT2D eigenvalue weighted by atomic mass is 10.1. The van der Waals surface area contributed by atoms with E-state index in [0.29, 0.717) is 30.7 Å². The second-order valence-corrected chi connectivity index (χ2v) is 8.98. The van der Waals surface area contributed by atoms with Crippen LogP contribution in [0.25, 0.3) is 0 Å². The number of carbonyl (C=O) groups is 5. The Bertz CT molecular complexity index is 881. The van der Waals surface area contributed by atoms with Crippen LogP contribution in [0.2, 0.25) is 0 Å². The van der Waals surface area contributed by atoms with Crippen molar-refractivity contribution >= 4 is 41.4 Å². The van der Waals surface area contributed by atoms with E-state index in [9.17, 15) is 29.1 Å². The van der Waals surface area contributed by atoms with Gasteiger partial charge in [-0.3, -0.25) is 19.2 Å². The summed E-state index contributed by atoms with van der Waals surface area (Å²) in [5, 5.41) is 14.4. The number of carbonyl (C=O) groups excluding carboxylic acids is 4. The number of nitrogens with zero attached hydrogens (tertiary/aromatic N) is 2. The average molecular weight is 498 g/mol. The van der Waals surface area contributed by atoms with E-state index in [0.717, 1.165) is 0 Å². The van der Waals surface area contributed by atoms with Crippen molar-refractivity contribution in [2.75, 3.05) is 18.6 Å². The van der Waals surface area contributed by atoms with Gasteiger partial charge in [0.25, 0.3) is 0 Å². The van der Waals surface area contributed by atoms with E-state index in [1.165, 1.54) is 29.2 Å². The number of rotatable bonds is 13. The summed E-state index contributed by atoms with van der Waals surface area (Å²) in [5.41, 5.74) is 11.6. The van der Waals surface area contributed by atoms with E-state index in [4.69, 9.17) is 11.5 Å². The molecule has 188 valence electrons. The Labute approximate surface area is 200 Å². The van der Waals surface area contributed by atoms with Crippen molar-refractivity contribution in [2.45, 2.75) is 56.3 Å². The molecule has 14 heteroatoms. The normalized spacial score (nSPS) is 18.1. The first-order valence-corrected chi connectivity index (χ1v) is 12.2. The fourth-order valence-electron chi connectivity index (χ4n) is 3.64. The van der Waals surface area contributed by atoms with Crippen molar-refractivity contribution < 1.29 is 29.1 Å². The molecule has 1 aromatic rings. The zero-order valence-corrected chi connectivity index (χ0v) is 19.7. The number of aromatic nitrogens is 2. The van der Waals surface area contributed by atoms with Crippen LogP contribution < -0.4 is 22.1 Å². The molecule has 4 amide bonds. The van der Waals surface area contributed by atoms with Gasteiger partial charge in [0.1, 0.15) is 18.1 Å². The molecule has 0 bridgehead atoms. The molecule has 1 fully saturated rings. The molecule has 0 saturated carbocycles. The maximum absolute atomic E-state index is 13.2. The van der Waals surface area contributed by atoms with Crippen molar-refractivity contribution in [3.63, 3.8) is 0 Å². The molecule has 2 rings (SSSR count). The summed E-state index contributed by atoms with van der Waals surface area (Å²) in [7, 11) is 0. The number of thioether (sulfide) groups is 1. The molecule has 1 aromatic heterocycles. The highest BCUT2D eigenvalue weighted by Gasteiger charge is 2.38. The molecule has 13 nitrogen and oxygen atoms in total. The number of aromatic amines is 1. The van der Waals surface area contributed by atoms with Crippen LogP contribution in [0.15, 0.2) is 12.5 Å². The van der Waals surface area contributed by atoms with Crippen molar-refractivity contribution in [3.8, 4) is 0 Å². The number of amides is 4. The number of primary amides is 1. The molecule has 4 atom stereocenters. The summed E-state index contributed by atoms with van der Waals surface area (Å²) in [6.07, 6.45) is 5.42. The number of H-pyrrole nitrogens is 1. The predicted octanol–water partition coefficient (Wildman–Crippen LogP) is -2.05. The Morgan fingerprint density at radius 1 is 1.26 bits per heavy atom. The molecular weight excluding hydrogens is 466 g/mol. The summed E-state index contributed by atoms with van der Waals surface area (Å²) < 4.78 is 0. The Morgan fingerprint density at radius 2 is 1.97 bits per heavy atom. The van der Waals surface area contributed by atoms with Crippen LogP contribution in [-0.4, -0.2) is 92.3 Å². The van der Waals surface area contributed by atoms with E-state index in [2.05, 4.69) is 20.6 Å². The molecule has 1 aliphatic heterocycles. The van der Waals surface area contributed by atoms with Crippen LogP contribution >= 0.6 is 11.8 Å². The topological polar surface area (TPSA) is 214 Å². The lowest BCUT2D eigenvalue weighted by molar-refractivity contribution is -0.149. The van der Waals surface area contributed by atoms with E-state index < -0.39 is 60.2 Å². The van der Waals surface area contributed by atoms with Gasteiger partial charge in [0.15, 0.2) is 0 Å². The first kappa shape index (κ1) is 27.1. The number of imidazole rings is 1. The van der Waals surface area contributed by atoms with Crippen LogP contribution in [0.5, 0.6) is 0 Å². The van der Waals surface area contributed by atoms with Gasteiger partial charge in [-0.25, -0.2) is 9.78 Å². The number of carboxylic acids is 1. The molecular formula is C20H31N7O6S. The molecule has 0 radical (unpaired) electrons. The fraction of sp³-hybridized carbons (Fsp3) is 0.600. The lowest BCUT2D eigenvalue weighted by Gasteiger charge is -2.28. The smallest absolute Gasteiger partial charge is 0.326 e. The first-order chi connectivity index (χ1) is 16.1. The molecule has 8 N–H and O–H groups in total. The second kappa shape index (κ2) is 12.9. The van der Waals surface area contributed by atoms with E-state index in [1.54, 1.807) is 0 Å². The molecule has 0 spiro atoms. The van der Waals surface area contributed by atoms with Crippen LogP contribution in [0.3, 0.4) is 0 Å². The molecule has 1 aliphatic rings. The summed E-state index contributed by atoms with van der Waals surface area (Å²) in [6, 6.07) is -4.40. The summed E-state index contributed by atoms with van der Waals surface area (Å²) in [6.45, 7) is 0.233. The van der Waals surface area contributed by atoms with Crippen LogP contribution in [0.1, 0.15) is 31.4 Å². The highest BCUT2D eigenvalue weighted by Crippen LogP contribution is 2.19. The van der Waals surface area contributed by atoms with Gasteiger partial charge in [0, 0.05) is 24.9 Å². The van der Waals surface area contributed by atoms with Gasteiger partial charge >= 0.3 is 5.97 Å². The number of likely N-dealkylation sites (tertiary alicyclic amines) is 1. The quantitative estimate of drug-likeness (QED) is 0.177. The minimum Gasteiger partial charge on any atom is -0.480 e. The molecule has 34 heavy (non-hydrogen) atoms. The van der Waals surface area contributed by atoms with Gasteiger partial charge in [0.05, 0.1) is 18.8 Å². The molecule has 2 heterocycles. The van der Waals surface area contributed by atoms with E-state index >= 15 is 0 Å². The third kappa shape index (κ3) is 7.73. The summed E-state index contributed by atoms with van der Waals surface area (Å²) in [4.78, 5) is 69.7. The highest BCUT2D eigenvalue weighted by molar-refractivity contribution is 7.98. The molecule has 0 aromatic carbocycles. The maximum Gasteiger partial charge on any atom is 0.326 e. The minimum absolute atomic E-state index is 0.00210. The first-order valence-electron chi connectivity index (χ1n) is 10.8. The minimum atomic E-state index is -1.35. The largest absolute Gasteiger partial charge is 0.480 e. The average Bonchev–Trinajstić information content (AvgIpc) is 3.47. The van der Waals surface area contributed by atoms with Gasteiger partial charge in [-0.05, 0) is 31.3 Å². The van der Waals surface area contributed by atoms with Crippen LogP contribution in [-0.2, 0) is 30.4 Å². The molecule has 1 saturated heterocycles. The van der Waals surface area contributed by atoms with E-state index in [1.807, 2.05) is 6.26 Å². The second-order valence-electron chi connectivity index (χ2n) is 7.99. The van der Waals surface area contributed by atoms with Gasteiger partial charge in [-0.1, -0.05) is 0 Å². The van der Waals surface area contributed by atoms with Crippen LogP contribution in [0, 0.1) is 0 Å². The number of aliphatic carboxylic acids is 1. The third-order valence-electron chi connectivity index (χ3n) is 5.42. The van der Waals surface area contributed by atoms with Gasteiger partial charge < -0.3 is 37.1 Å².